The predicted octanol–water partition coefficient (Wildman–Crippen LogP) is 1.97. The van der Waals surface area contributed by atoms with Crippen LogP contribution in [0.15, 0.2) is 35.3 Å². The Balaban J connectivity index is 1.67. The van der Waals surface area contributed by atoms with Gasteiger partial charge >= 0.3 is 0 Å². The Bertz CT molecular complexity index is 808. The van der Waals surface area contributed by atoms with E-state index in [9.17, 15) is 14.7 Å². The molecule has 2 aromatic heterocycles. The summed E-state index contributed by atoms with van der Waals surface area (Å²) in [5, 5.41) is 10.5. The van der Waals surface area contributed by atoms with Crippen molar-refractivity contribution in [2.45, 2.75) is 32.8 Å². The van der Waals surface area contributed by atoms with Crippen molar-refractivity contribution in [3.63, 3.8) is 0 Å². The number of nitrogens with zero attached hydrogens (tertiary/aromatic N) is 2. The number of aliphatic hydroxyl groups is 1. The summed E-state index contributed by atoms with van der Waals surface area (Å²) in [5.74, 6) is -0.174. The molecule has 1 unspecified atom stereocenters. The third-order valence-corrected chi connectivity index (χ3v) is 4.99. The van der Waals surface area contributed by atoms with Crippen molar-refractivity contribution in [1.29, 1.82) is 0 Å². The third kappa shape index (κ3) is 3.64. The van der Waals surface area contributed by atoms with Crippen molar-refractivity contribution >= 4 is 5.91 Å². The Labute approximate surface area is 146 Å². The number of carbonyl (C=O) groups excluding carboxylic acids is 1. The number of hydrogen-bond acceptors (Lipinski definition) is 4. The number of aryl methyl sites for hydroxylation is 2. The molecule has 3 rings (SSSR count). The molecule has 1 aliphatic heterocycles. The maximum atomic E-state index is 12.7. The molecule has 1 amide bonds. The Morgan fingerprint density at radius 3 is 2.68 bits per heavy atom. The molecular formula is C19H23N3O3. The quantitative estimate of drug-likeness (QED) is 0.894. The zero-order valence-electron chi connectivity index (χ0n) is 14.5. The molecule has 2 aromatic rings. The number of aromatic amines is 1. The van der Waals surface area contributed by atoms with E-state index in [1.165, 1.54) is 0 Å². The molecule has 6 nitrogen and oxygen atoms in total. The van der Waals surface area contributed by atoms with Gasteiger partial charge in [-0.15, -0.1) is 0 Å². The lowest BCUT2D eigenvalue weighted by molar-refractivity contribution is 0.0446. The van der Waals surface area contributed by atoms with Gasteiger partial charge in [0, 0.05) is 25.0 Å². The normalized spacial score (nSPS) is 16.7. The fraction of sp³-hybridized carbons (Fsp3) is 0.421. The Morgan fingerprint density at radius 1 is 1.32 bits per heavy atom. The van der Waals surface area contributed by atoms with E-state index in [0.717, 1.165) is 11.3 Å². The fourth-order valence-electron chi connectivity index (χ4n) is 3.27. The lowest BCUT2D eigenvalue weighted by Gasteiger charge is -2.34. The summed E-state index contributed by atoms with van der Waals surface area (Å²) in [7, 11) is 0. The van der Waals surface area contributed by atoms with Crippen molar-refractivity contribution in [2.24, 2.45) is 5.92 Å². The number of pyridine rings is 2. The van der Waals surface area contributed by atoms with Gasteiger partial charge < -0.3 is 15.0 Å². The van der Waals surface area contributed by atoms with Crippen LogP contribution in [-0.4, -0.2) is 39.0 Å². The molecule has 0 saturated carbocycles. The first-order chi connectivity index (χ1) is 12.0. The van der Waals surface area contributed by atoms with Crippen LogP contribution in [-0.2, 0) is 0 Å². The summed E-state index contributed by atoms with van der Waals surface area (Å²) < 4.78 is 0. The first kappa shape index (κ1) is 17.4. The first-order valence-electron chi connectivity index (χ1n) is 8.56. The van der Waals surface area contributed by atoms with Crippen LogP contribution >= 0.6 is 0 Å². The summed E-state index contributed by atoms with van der Waals surface area (Å²) in [4.78, 5) is 33.4. The molecule has 1 aliphatic rings. The van der Waals surface area contributed by atoms with E-state index in [4.69, 9.17) is 0 Å². The zero-order chi connectivity index (χ0) is 18.0. The van der Waals surface area contributed by atoms with Crippen molar-refractivity contribution in [2.75, 3.05) is 13.1 Å². The highest BCUT2D eigenvalue weighted by molar-refractivity contribution is 5.94. The van der Waals surface area contributed by atoms with E-state index in [-0.39, 0.29) is 22.9 Å². The van der Waals surface area contributed by atoms with E-state index in [0.29, 0.717) is 31.6 Å². The van der Waals surface area contributed by atoms with Gasteiger partial charge in [-0.05, 0) is 56.4 Å². The first-order valence-corrected chi connectivity index (χ1v) is 8.56. The monoisotopic (exact) mass is 341 g/mol. The maximum absolute atomic E-state index is 12.7. The van der Waals surface area contributed by atoms with Gasteiger partial charge in [0.05, 0.1) is 11.8 Å². The molecule has 0 aromatic carbocycles. The molecule has 132 valence electrons. The van der Waals surface area contributed by atoms with E-state index in [1.54, 1.807) is 17.2 Å². The lowest BCUT2D eigenvalue weighted by atomic mass is 9.89. The Kier molecular flexibility index (Phi) is 4.99. The molecule has 1 atom stereocenters. The van der Waals surface area contributed by atoms with Gasteiger partial charge in [-0.25, -0.2) is 0 Å². The minimum absolute atomic E-state index is 0.0667. The topological polar surface area (TPSA) is 86.3 Å². The molecule has 0 radical (unpaired) electrons. The highest BCUT2D eigenvalue weighted by Gasteiger charge is 2.30. The number of amides is 1. The predicted molar refractivity (Wildman–Crippen MR) is 94.4 cm³/mol. The van der Waals surface area contributed by atoms with Gasteiger partial charge in [0.1, 0.15) is 5.56 Å². The minimum atomic E-state index is -0.622. The van der Waals surface area contributed by atoms with E-state index in [1.807, 2.05) is 32.0 Å². The van der Waals surface area contributed by atoms with Crippen LogP contribution in [0.5, 0.6) is 0 Å². The second kappa shape index (κ2) is 7.19. The van der Waals surface area contributed by atoms with Crippen LogP contribution in [0.3, 0.4) is 0 Å². The molecule has 2 N–H and O–H groups in total. The van der Waals surface area contributed by atoms with Crippen LogP contribution in [0.4, 0.5) is 0 Å². The molecule has 6 heteroatoms. The summed E-state index contributed by atoms with van der Waals surface area (Å²) >= 11 is 0. The van der Waals surface area contributed by atoms with E-state index < -0.39 is 6.10 Å². The molecule has 0 aliphatic carbocycles. The van der Waals surface area contributed by atoms with Crippen LogP contribution < -0.4 is 5.56 Å². The third-order valence-electron chi connectivity index (χ3n) is 4.99. The second-order valence-electron chi connectivity index (χ2n) is 6.65. The highest BCUT2D eigenvalue weighted by Crippen LogP contribution is 2.30. The SMILES string of the molecule is Cc1cc(C(=O)N2CCC(C(O)c3ccccn3)CC2)c(=O)[nH]c1C. The van der Waals surface area contributed by atoms with Gasteiger partial charge in [0.15, 0.2) is 0 Å². The zero-order valence-corrected chi connectivity index (χ0v) is 14.5. The maximum Gasteiger partial charge on any atom is 0.261 e. The number of piperidine rings is 1. The number of rotatable bonds is 3. The number of H-pyrrole nitrogens is 1. The van der Waals surface area contributed by atoms with Crippen LogP contribution in [0, 0.1) is 19.8 Å². The Morgan fingerprint density at radius 2 is 2.04 bits per heavy atom. The summed E-state index contributed by atoms with van der Waals surface area (Å²) in [5.41, 5.74) is 2.18. The largest absolute Gasteiger partial charge is 0.387 e. The van der Waals surface area contributed by atoms with Crippen molar-refractivity contribution in [3.8, 4) is 0 Å². The van der Waals surface area contributed by atoms with Gasteiger partial charge in [-0.3, -0.25) is 14.6 Å². The van der Waals surface area contributed by atoms with Crippen LogP contribution in [0.25, 0.3) is 0 Å². The lowest BCUT2D eigenvalue weighted by Crippen LogP contribution is -2.41. The second-order valence-corrected chi connectivity index (χ2v) is 6.65. The van der Waals surface area contributed by atoms with Gasteiger partial charge in [-0.2, -0.15) is 0 Å². The number of carbonyl (C=O) groups is 1. The fourth-order valence-corrected chi connectivity index (χ4v) is 3.27. The van der Waals surface area contributed by atoms with Gasteiger partial charge in [0.25, 0.3) is 11.5 Å². The van der Waals surface area contributed by atoms with Crippen molar-refractivity contribution in [1.82, 2.24) is 14.9 Å². The summed E-state index contributed by atoms with van der Waals surface area (Å²) in [6.45, 7) is 4.74. The molecular weight excluding hydrogens is 318 g/mol. The minimum Gasteiger partial charge on any atom is -0.387 e. The standard InChI is InChI=1S/C19H23N3O3/c1-12-11-15(18(24)21-13(12)2)19(25)22-9-6-14(7-10-22)17(23)16-5-3-4-8-20-16/h3-5,8,11,14,17,23H,6-7,9-10H2,1-2H3,(H,21,24). The molecule has 0 spiro atoms. The number of likely N-dealkylation sites (tertiary alicyclic amines) is 1. The number of hydrogen-bond donors (Lipinski definition) is 2. The van der Waals surface area contributed by atoms with Crippen molar-refractivity contribution in [3.05, 3.63) is 63.3 Å². The van der Waals surface area contributed by atoms with Crippen LogP contribution in [0.2, 0.25) is 0 Å². The highest BCUT2D eigenvalue weighted by atomic mass is 16.3. The molecule has 0 bridgehead atoms. The van der Waals surface area contributed by atoms with Gasteiger partial charge in [-0.1, -0.05) is 6.07 Å². The number of aromatic nitrogens is 2. The van der Waals surface area contributed by atoms with E-state index >= 15 is 0 Å². The molecule has 25 heavy (non-hydrogen) atoms. The molecule has 1 saturated heterocycles. The smallest absolute Gasteiger partial charge is 0.261 e. The van der Waals surface area contributed by atoms with E-state index in [2.05, 4.69) is 9.97 Å². The van der Waals surface area contributed by atoms with Crippen LogP contribution in [0.1, 0.15) is 46.3 Å². The van der Waals surface area contributed by atoms with Crippen molar-refractivity contribution < 1.29 is 9.90 Å². The summed E-state index contributed by atoms with van der Waals surface area (Å²) in [6, 6.07) is 7.15. The molecule has 3 heterocycles. The van der Waals surface area contributed by atoms with Gasteiger partial charge in [0.2, 0.25) is 0 Å². The summed E-state index contributed by atoms with van der Waals surface area (Å²) in [6.07, 6.45) is 2.42. The Hall–Kier alpha value is -2.47. The number of nitrogens with one attached hydrogen (secondary N) is 1. The molecule has 1 fully saturated rings. The number of aliphatic hydroxyl groups excluding tert-OH is 1. The average Bonchev–Trinajstić information content (AvgIpc) is 2.64. The average molecular weight is 341 g/mol.